The number of nitriles is 1. The Morgan fingerprint density at radius 3 is 2.39 bits per heavy atom. The number of hydrogen-bond acceptors (Lipinski definition) is 5. The van der Waals surface area contributed by atoms with Gasteiger partial charge >= 0.3 is 0 Å². The normalized spacial score (nSPS) is 21.3. The number of rotatable bonds is 6. The van der Waals surface area contributed by atoms with Crippen LogP contribution in [0.4, 0.5) is 5.69 Å². The minimum atomic E-state index is -0.0382. The zero-order valence-corrected chi connectivity index (χ0v) is 19.4. The van der Waals surface area contributed by atoms with E-state index in [-0.39, 0.29) is 24.7 Å². The molecule has 1 aliphatic heterocycles. The predicted octanol–water partition coefficient (Wildman–Crippen LogP) is 4.54. The van der Waals surface area contributed by atoms with Crippen LogP contribution in [0.5, 0.6) is 5.75 Å². The van der Waals surface area contributed by atoms with E-state index in [1.165, 1.54) is 0 Å². The third-order valence-electron chi connectivity index (χ3n) is 6.74. The second kappa shape index (κ2) is 10.9. The van der Waals surface area contributed by atoms with Gasteiger partial charge in [0.05, 0.1) is 16.7 Å². The van der Waals surface area contributed by atoms with Gasteiger partial charge in [0.2, 0.25) is 0 Å². The van der Waals surface area contributed by atoms with Crippen molar-refractivity contribution in [3.8, 4) is 11.8 Å². The zero-order valence-electron chi connectivity index (χ0n) is 18.7. The van der Waals surface area contributed by atoms with E-state index in [4.69, 9.17) is 21.6 Å². The summed E-state index contributed by atoms with van der Waals surface area (Å²) < 4.78 is 6.03. The lowest BCUT2D eigenvalue weighted by Gasteiger charge is -2.33. The fraction of sp³-hybridized carbons (Fsp3) is 0.462. The van der Waals surface area contributed by atoms with Crippen LogP contribution in [0.15, 0.2) is 42.5 Å². The highest BCUT2D eigenvalue weighted by molar-refractivity contribution is 6.31. The number of halogens is 1. The van der Waals surface area contributed by atoms with E-state index in [9.17, 15) is 9.90 Å². The van der Waals surface area contributed by atoms with Crippen molar-refractivity contribution in [2.45, 2.75) is 50.7 Å². The van der Waals surface area contributed by atoms with Crippen LogP contribution in [-0.2, 0) is 0 Å². The lowest BCUT2D eigenvalue weighted by molar-refractivity contribution is 0.0894. The van der Waals surface area contributed by atoms with Crippen LogP contribution in [0.25, 0.3) is 0 Å². The van der Waals surface area contributed by atoms with E-state index >= 15 is 0 Å². The molecular weight excluding hydrogens is 438 g/mol. The summed E-state index contributed by atoms with van der Waals surface area (Å²) in [5.41, 5.74) is 2.24. The van der Waals surface area contributed by atoms with Crippen LogP contribution in [0.3, 0.4) is 0 Å². The molecule has 2 aromatic rings. The second-order valence-corrected chi connectivity index (χ2v) is 9.39. The summed E-state index contributed by atoms with van der Waals surface area (Å²) in [5, 5.41) is 21.9. The molecule has 2 aliphatic rings. The zero-order chi connectivity index (χ0) is 23.2. The van der Waals surface area contributed by atoms with Crippen molar-refractivity contribution >= 4 is 23.2 Å². The number of carbonyl (C=O) groups excluding carboxylic acids is 1. The molecule has 1 amide bonds. The van der Waals surface area contributed by atoms with E-state index in [1.54, 1.807) is 18.2 Å². The molecule has 6 nitrogen and oxygen atoms in total. The minimum Gasteiger partial charge on any atom is -0.490 e. The third kappa shape index (κ3) is 5.98. The Kier molecular flexibility index (Phi) is 7.74. The molecule has 0 radical (unpaired) electrons. The maximum atomic E-state index is 12.7. The van der Waals surface area contributed by atoms with Gasteiger partial charge in [-0.15, -0.1) is 0 Å². The van der Waals surface area contributed by atoms with Gasteiger partial charge in [0.1, 0.15) is 11.8 Å². The molecule has 1 heterocycles. The van der Waals surface area contributed by atoms with Gasteiger partial charge in [-0.25, -0.2) is 0 Å². The second-order valence-electron chi connectivity index (χ2n) is 8.98. The molecule has 1 aliphatic carbocycles. The Balaban J connectivity index is 1.24. The first-order valence-electron chi connectivity index (χ1n) is 11.7. The quantitative estimate of drug-likeness (QED) is 0.651. The van der Waals surface area contributed by atoms with Gasteiger partial charge in [-0.3, -0.25) is 4.79 Å². The van der Waals surface area contributed by atoms with Gasteiger partial charge in [-0.05, 0) is 80.8 Å². The van der Waals surface area contributed by atoms with Crippen molar-refractivity contribution in [2.75, 3.05) is 24.6 Å². The smallest absolute Gasteiger partial charge is 0.251 e. The fourth-order valence-electron chi connectivity index (χ4n) is 4.64. The van der Waals surface area contributed by atoms with Gasteiger partial charge in [0.15, 0.2) is 0 Å². The molecule has 2 fully saturated rings. The maximum Gasteiger partial charge on any atom is 0.251 e. The summed E-state index contributed by atoms with van der Waals surface area (Å²) in [6, 6.07) is 15.1. The highest BCUT2D eigenvalue weighted by Gasteiger charge is 2.24. The van der Waals surface area contributed by atoms with E-state index in [0.717, 1.165) is 57.3 Å². The monoisotopic (exact) mass is 467 g/mol. The standard InChI is InChI=1S/C26H30ClN3O3/c27-25-15-24(8-3-20(25)16-28)33-23-9-4-21(5-10-23)29-26(32)19-1-6-22(7-2-19)30-13-11-18(17-31)12-14-30/h1-3,6-8,15,18,21,23,31H,4-5,9-14,17H2,(H,29,32). The SMILES string of the molecule is N#Cc1ccc(OC2CCC(NC(=O)c3ccc(N4CCC(CO)CC4)cc3)CC2)cc1Cl. The van der Waals surface area contributed by atoms with Crippen LogP contribution in [0.1, 0.15) is 54.4 Å². The molecule has 174 valence electrons. The molecule has 33 heavy (non-hydrogen) atoms. The molecule has 0 unspecified atom stereocenters. The number of benzene rings is 2. The Hall–Kier alpha value is -2.75. The van der Waals surface area contributed by atoms with Crippen LogP contribution in [0, 0.1) is 17.2 Å². The van der Waals surface area contributed by atoms with Crippen LogP contribution >= 0.6 is 11.6 Å². The van der Waals surface area contributed by atoms with Crippen molar-refractivity contribution in [2.24, 2.45) is 5.92 Å². The lowest BCUT2D eigenvalue weighted by Crippen LogP contribution is -2.39. The number of anilines is 1. The van der Waals surface area contributed by atoms with E-state index < -0.39 is 0 Å². The predicted molar refractivity (Wildman–Crippen MR) is 129 cm³/mol. The summed E-state index contributed by atoms with van der Waals surface area (Å²) in [5.74, 6) is 1.05. The highest BCUT2D eigenvalue weighted by atomic mass is 35.5. The van der Waals surface area contributed by atoms with Gasteiger partial charge < -0.3 is 20.1 Å². The lowest BCUT2D eigenvalue weighted by atomic mass is 9.92. The Morgan fingerprint density at radius 1 is 1.09 bits per heavy atom. The van der Waals surface area contributed by atoms with Crippen molar-refractivity contribution in [3.63, 3.8) is 0 Å². The van der Waals surface area contributed by atoms with Crippen molar-refractivity contribution in [1.29, 1.82) is 5.26 Å². The first-order chi connectivity index (χ1) is 16.1. The number of amides is 1. The summed E-state index contributed by atoms with van der Waals surface area (Å²) >= 11 is 6.09. The van der Waals surface area contributed by atoms with Crippen LogP contribution in [-0.4, -0.2) is 42.9 Å². The van der Waals surface area contributed by atoms with Gasteiger partial charge in [0.25, 0.3) is 5.91 Å². The number of ether oxygens (including phenoxy) is 1. The fourth-order valence-corrected chi connectivity index (χ4v) is 4.86. The van der Waals surface area contributed by atoms with Gasteiger partial charge in [-0.2, -0.15) is 5.26 Å². The molecule has 1 saturated heterocycles. The topological polar surface area (TPSA) is 85.6 Å². The van der Waals surface area contributed by atoms with Crippen LogP contribution < -0.4 is 15.0 Å². The molecular formula is C26H30ClN3O3. The highest BCUT2D eigenvalue weighted by Crippen LogP contribution is 2.28. The number of piperidine rings is 1. The third-order valence-corrected chi connectivity index (χ3v) is 7.05. The molecule has 2 N–H and O–H groups in total. The summed E-state index contributed by atoms with van der Waals surface area (Å²) in [6.45, 7) is 2.15. The molecule has 0 spiro atoms. The maximum absolute atomic E-state index is 12.7. The van der Waals surface area contributed by atoms with E-state index in [0.29, 0.717) is 27.8 Å². The van der Waals surface area contributed by atoms with Crippen molar-refractivity contribution in [3.05, 3.63) is 58.6 Å². The average Bonchev–Trinajstić information content (AvgIpc) is 2.85. The number of aliphatic hydroxyl groups is 1. The molecule has 2 aromatic carbocycles. The summed E-state index contributed by atoms with van der Waals surface area (Å²) in [4.78, 5) is 15.0. The van der Waals surface area contributed by atoms with E-state index in [1.807, 2.05) is 30.3 Å². The molecule has 7 heteroatoms. The number of carbonyl (C=O) groups is 1. The Labute approximate surface area is 200 Å². The largest absolute Gasteiger partial charge is 0.490 e. The average molecular weight is 468 g/mol. The first kappa shape index (κ1) is 23.4. The van der Waals surface area contributed by atoms with Gasteiger partial charge in [-0.1, -0.05) is 11.6 Å². The molecule has 0 aromatic heterocycles. The molecule has 4 rings (SSSR count). The molecule has 0 atom stereocenters. The summed E-state index contributed by atoms with van der Waals surface area (Å²) in [7, 11) is 0. The summed E-state index contributed by atoms with van der Waals surface area (Å²) in [6.07, 6.45) is 5.51. The first-order valence-corrected chi connectivity index (χ1v) is 12.1. The minimum absolute atomic E-state index is 0.0382. The number of aliphatic hydroxyl groups excluding tert-OH is 1. The molecule has 1 saturated carbocycles. The van der Waals surface area contributed by atoms with Gasteiger partial charge in [0, 0.05) is 43.1 Å². The van der Waals surface area contributed by atoms with E-state index in [2.05, 4.69) is 10.2 Å². The molecule has 0 bridgehead atoms. The number of hydrogen-bond donors (Lipinski definition) is 2. The van der Waals surface area contributed by atoms with Crippen molar-refractivity contribution < 1.29 is 14.6 Å². The Bertz CT molecular complexity index is 989. The number of nitrogens with zero attached hydrogens (tertiary/aromatic N) is 2. The van der Waals surface area contributed by atoms with Crippen molar-refractivity contribution in [1.82, 2.24) is 5.32 Å². The number of nitrogens with one attached hydrogen (secondary N) is 1. The van der Waals surface area contributed by atoms with Crippen LogP contribution in [0.2, 0.25) is 5.02 Å². The Morgan fingerprint density at radius 2 is 1.79 bits per heavy atom.